The van der Waals surface area contributed by atoms with Gasteiger partial charge in [0, 0.05) is 6.04 Å². The van der Waals surface area contributed by atoms with Crippen LogP contribution in [0.1, 0.15) is 11.1 Å². The Morgan fingerprint density at radius 2 is 1.65 bits per heavy atom. The Morgan fingerprint density at radius 1 is 1.05 bits per heavy atom. The van der Waals surface area contributed by atoms with Crippen molar-refractivity contribution in [3.63, 3.8) is 0 Å². The van der Waals surface area contributed by atoms with Gasteiger partial charge in [0.25, 0.3) is 0 Å². The summed E-state index contributed by atoms with van der Waals surface area (Å²) in [5, 5.41) is 0. The predicted molar refractivity (Wildman–Crippen MR) is 80.8 cm³/mol. The summed E-state index contributed by atoms with van der Waals surface area (Å²) in [6.45, 7) is 5.79. The van der Waals surface area contributed by atoms with Crippen LogP contribution in [0.25, 0.3) is 0 Å². The van der Waals surface area contributed by atoms with E-state index in [1.54, 1.807) is 24.3 Å². The van der Waals surface area contributed by atoms with Gasteiger partial charge >= 0.3 is 0 Å². The van der Waals surface area contributed by atoms with E-state index in [2.05, 4.69) is 11.6 Å². The summed E-state index contributed by atoms with van der Waals surface area (Å²) in [5.41, 5.74) is 2.08. The highest BCUT2D eigenvalue weighted by Crippen LogP contribution is 2.11. The van der Waals surface area contributed by atoms with Crippen molar-refractivity contribution in [2.24, 2.45) is 0 Å². The van der Waals surface area contributed by atoms with Crippen LogP contribution in [0, 0.1) is 13.8 Å². The Morgan fingerprint density at radius 3 is 2.25 bits per heavy atom. The van der Waals surface area contributed by atoms with Crippen LogP contribution in [0.5, 0.6) is 0 Å². The van der Waals surface area contributed by atoms with Crippen molar-refractivity contribution in [1.29, 1.82) is 0 Å². The average Bonchev–Trinajstić information content (AvgIpc) is 2.39. The van der Waals surface area contributed by atoms with Crippen LogP contribution in [0.2, 0.25) is 0 Å². The minimum atomic E-state index is -3.51. The first-order valence-corrected chi connectivity index (χ1v) is 7.92. The van der Waals surface area contributed by atoms with Crippen LogP contribution in [-0.2, 0) is 16.4 Å². The number of aryl methyl sites for hydroxylation is 1. The third-order valence-electron chi connectivity index (χ3n) is 2.98. The van der Waals surface area contributed by atoms with Gasteiger partial charge in [0.1, 0.15) is 0 Å². The summed E-state index contributed by atoms with van der Waals surface area (Å²) < 4.78 is 27.0. The Labute approximate surface area is 120 Å². The first kappa shape index (κ1) is 14.8. The lowest BCUT2D eigenvalue weighted by molar-refractivity contribution is 0.569. The van der Waals surface area contributed by atoms with Gasteiger partial charge in [-0.05, 0) is 38.0 Å². The first-order chi connectivity index (χ1) is 9.47. The zero-order valence-corrected chi connectivity index (χ0v) is 12.2. The quantitative estimate of drug-likeness (QED) is 0.919. The molecule has 2 aromatic carbocycles. The van der Waals surface area contributed by atoms with E-state index >= 15 is 0 Å². The van der Waals surface area contributed by atoms with E-state index in [1.165, 1.54) is 0 Å². The highest BCUT2D eigenvalue weighted by Gasteiger charge is 2.17. The normalized spacial score (nSPS) is 13.1. The zero-order valence-electron chi connectivity index (χ0n) is 11.4. The summed E-state index contributed by atoms with van der Waals surface area (Å²) in [4.78, 5) is 0.268. The summed E-state index contributed by atoms with van der Waals surface area (Å²) in [6.07, 6.45) is 0.561. The standard InChI is InChI=1S/C16H18NO2S/c1-13-8-10-16(11-9-13)20(18,19)17-14(2)12-15-6-4-3-5-7-15/h3-11,14,17H,2,12H2,1H3/t14-/m0/s1. The summed E-state index contributed by atoms with van der Waals surface area (Å²) in [7, 11) is -3.51. The van der Waals surface area contributed by atoms with E-state index in [-0.39, 0.29) is 4.90 Å². The molecule has 0 bridgehead atoms. The minimum absolute atomic E-state index is 0.268. The molecule has 0 saturated carbocycles. The van der Waals surface area contributed by atoms with Crippen molar-refractivity contribution in [2.75, 3.05) is 0 Å². The molecule has 1 N–H and O–H groups in total. The zero-order chi connectivity index (χ0) is 14.6. The van der Waals surface area contributed by atoms with Crippen LogP contribution in [0.15, 0.2) is 59.5 Å². The number of nitrogens with one attached hydrogen (secondary N) is 1. The van der Waals surface area contributed by atoms with Crippen LogP contribution in [0.4, 0.5) is 0 Å². The fourth-order valence-electron chi connectivity index (χ4n) is 1.95. The maximum Gasteiger partial charge on any atom is 0.240 e. The van der Waals surface area contributed by atoms with Gasteiger partial charge in [-0.3, -0.25) is 0 Å². The molecule has 105 valence electrons. The first-order valence-electron chi connectivity index (χ1n) is 6.43. The van der Waals surface area contributed by atoms with Crippen molar-refractivity contribution in [3.05, 3.63) is 72.6 Å². The van der Waals surface area contributed by atoms with E-state index in [9.17, 15) is 8.42 Å². The molecule has 0 spiro atoms. The van der Waals surface area contributed by atoms with Gasteiger partial charge < -0.3 is 0 Å². The lowest BCUT2D eigenvalue weighted by atomic mass is 10.1. The molecular formula is C16H18NO2S. The highest BCUT2D eigenvalue weighted by molar-refractivity contribution is 7.89. The second-order valence-electron chi connectivity index (χ2n) is 4.82. The maximum absolute atomic E-state index is 12.2. The van der Waals surface area contributed by atoms with E-state index in [1.807, 2.05) is 37.3 Å². The molecule has 0 fully saturated rings. The molecule has 3 nitrogen and oxygen atoms in total. The van der Waals surface area contributed by atoms with Crippen molar-refractivity contribution in [3.8, 4) is 0 Å². The summed E-state index contributed by atoms with van der Waals surface area (Å²) >= 11 is 0. The lowest BCUT2D eigenvalue weighted by Crippen LogP contribution is -2.34. The second kappa shape index (κ2) is 6.20. The third-order valence-corrected chi connectivity index (χ3v) is 4.51. The Balaban J connectivity index is 2.06. The molecule has 20 heavy (non-hydrogen) atoms. The monoisotopic (exact) mass is 288 g/mol. The molecule has 0 unspecified atom stereocenters. The van der Waals surface area contributed by atoms with Gasteiger partial charge in [0.2, 0.25) is 10.0 Å². The maximum atomic E-state index is 12.2. The van der Waals surface area contributed by atoms with E-state index in [0.29, 0.717) is 6.42 Å². The Kier molecular flexibility index (Phi) is 4.57. The minimum Gasteiger partial charge on any atom is -0.208 e. The number of benzene rings is 2. The molecule has 2 aromatic rings. The molecule has 0 aromatic heterocycles. The van der Waals surface area contributed by atoms with E-state index in [0.717, 1.165) is 11.1 Å². The van der Waals surface area contributed by atoms with Gasteiger partial charge in [-0.25, -0.2) is 13.1 Å². The molecule has 0 amide bonds. The second-order valence-corrected chi connectivity index (χ2v) is 6.53. The van der Waals surface area contributed by atoms with Gasteiger partial charge in [0.05, 0.1) is 4.90 Å². The number of rotatable bonds is 5. The van der Waals surface area contributed by atoms with E-state index < -0.39 is 16.1 Å². The van der Waals surface area contributed by atoms with Crippen LogP contribution in [0.3, 0.4) is 0 Å². The van der Waals surface area contributed by atoms with Crippen LogP contribution >= 0.6 is 0 Å². The summed E-state index contributed by atoms with van der Waals surface area (Å²) in [6, 6.07) is 16.1. The highest BCUT2D eigenvalue weighted by atomic mass is 32.2. The van der Waals surface area contributed by atoms with Gasteiger partial charge in [-0.1, -0.05) is 48.0 Å². The molecular weight excluding hydrogens is 270 g/mol. The van der Waals surface area contributed by atoms with Gasteiger partial charge in [-0.15, -0.1) is 0 Å². The fraction of sp³-hybridized carbons (Fsp3) is 0.188. The Hall–Kier alpha value is -1.65. The molecule has 4 heteroatoms. The lowest BCUT2D eigenvalue weighted by Gasteiger charge is -2.14. The smallest absolute Gasteiger partial charge is 0.208 e. The number of hydrogen-bond donors (Lipinski definition) is 1. The Bertz CT molecular complexity index is 649. The van der Waals surface area contributed by atoms with Crippen LogP contribution < -0.4 is 4.72 Å². The molecule has 0 aliphatic rings. The molecule has 0 aliphatic heterocycles. The summed E-state index contributed by atoms with van der Waals surface area (Å²) in [5.74, 6) is 0. The molecule has 0 saturated heterocycles. The van der Waals surface area contributed by atoms with Gasteiger partial charge in [0.15, 0.2) is 0 Å². The number of sulfonamides is 1. The van der Waals surface area contributed by atoms with Gasteiger partial charge in [-0.2, -0.15) is 0 Å². The third kappa shape index (κ3) is 3.92. The molecule has 0 aliphatic carbocycles. The molecule has 2 rings (SSSR count). The molecule has 1 radical (unpaired) electrons. The topological polar surface area (TPSA) is 46.2 Å². The fourth-order valence-corrected chi connectivity index (χ4v) is 3.10. The van der Waals surface area contributed by atoms with Crippen LogP contribution in [-0.4, -0.2) is 14.5 Å². The van der Waals surface area contributed by atoms with Crippen molar-refractivity contribution >= 4 is 10.0 Å². The predicted octanol–water partition coefficient (Wildman–Crippen LogP) is 2.72. The van der Waals surface area contributed by atoms with E-state index in [4.69, 9.17) is 0 Å². The van der Waals surface area contributed by atoms with Crippen molar-refractivity contribution in [1.82, 2.24) is 4.72 Å². The SMILES string of the molecule is [CH2][C@@H](Cc1ccccc1)NS(=O)(=O)c1ccc(C)cc1. The molecule has 1 atom stereocenters. The van der Waals surface area contributed by atoms with Crippen molar-refractivity contribution in [2.45, 2.75) is 24.3 Å². The average molecular weight is 288 g/mol. The largest absolute Gasteiger partial charge is 0.240 e. The molecule has 0 heterocycles. The van der Waals surface area contributed by atoms with Crippen molar-refractivity contribution < 1.29 is 8.42 Å². The number of hydrogen-bond acceptors (Lipinski definition) is 2.